The van der Waals surface area contributed by atoms with Gasteiger partial charge in [0.1, 0.15) is 6.23 Å². The van der Waals surface area contributed by atoms with Crippen molar-refractivity contribution >= 4 is 11.9 Å². The smallest absolute Gasteiger partial charge is 0.412 e. The lowest BCUT2D eigenvalue weighted by Gasteiger charge is -2.18. The summed E-state index contributed by atoms with van der Waals surface area (Å²) in [6, 6.07) is 0. The quantitative estimate of drug-likeness (QED) is 0.755. The van der Waals surface area contributed by atoms with Crippen LogP contribution < -0.4 is 11.0 Å². The molecule has 0 aromatic carbocycles. The fourth-order valence-electron chi connectivity index (χ4n) is 2.70. The fourth-order valence-corrected chi connectivity index (χ4v) is 2.70. The van der Waals surface area contributed by atoms with Crippen molar-refractivity contribution in [3.63, 3.8) is 0 Å². The number of aromatic nitrogens is 2. The molecule has 25 heavy (non-hydrogen) atoms. The molecule has 140 valence electrons. The summed E-state index contributed by atoms with van der Waals surface area (Å²) in [5, 5.41) is 12.0. The molecule has 1 aliphatic heterocycles. The predicted octanol–water partition coefficient (Wildman–Crippen LogP) is 2.04. The molecule has 4 unspecified atom stereocenters. The van der Waals surface area contributed by atoms with E-state index in [1.165, 1.54) is 0 Å². The summed E-state index contributed by atoms with van der Waals surface area (Å²) in [6.45, 7) is 5.59. The van der Waals surface area contributed by atoms with Gasteiger partial charge in [0.2, 0.25) is 0 Å². The van der Waals surface area contributed by atoms with Crippen LogP contribution in [0.5, 0.6) is 0 Å². The van der Waals surface area contributed by atoms with Crippen LogP contribution in [0.15, 0.2) is 11.0 Å². The van der Waals surface area contributed by atoms with Crippen LogP contribution in [0.4, 0.5) is 15.0 Å². The van der Waals surface area contributed by atoms with Gasteiger partial charge in [-0.1, -0.05) is 26.7 Å². The fraction of sp³-hybridized carbons (Fsp3) is 0.688. The zero-order valence-corrected chi connectivity index (χ0v) is 14.6. The van der Waals surface area contributed by atoms with Crippen molar-refractivity contribution < 1.29 is 23.8 Å². The van der Waals surface area contributed by atoms with Crippen molar-refractivity contribution in [2.45, 2.75) is 58.5 Å². The lowest BCUT2D eigenvalue weighted by atomic mass is 10.0. The van der Waals surface area contributed by atoms with Gasteiger partial charge in [-0.15, -0.1) is 0 Å². The van der Waals surface area contributed by atoms with E-state index in [-0.39, 0.29) is 6.61 Å². The molecule has 9 heteroatoms. The third kappa shape index (κ3) is 4.55. The Morgan fingerprint density at radius 1 is 1.48 bits per heavy atom. The average molecular weight is 357 g/mol. The Morgan fingerprint density at radius 2 is 2.20 bits per heavy atom. The molecule has 2 N–H and O–H groups in total. The minimum atomic E-state index is -0.894. The maximum absolute atomic E-state index is 14.2. The number of amides is 1. The lowest BCUT2D eigenvalue weighted by Crippen LogP contribution is -2.32. The van der Waals surface area contributed by atoms with E-state index in [9.17, 15) is 19.1 Å². The second kappa shape index (κ2) is 8.39. The molecule has 1 fully saturated rings. The number of hydrogen-bond donors (Lipinski definition) is 2. The maximum atomic E-state index is 14.2. The van der Waals surface area contributed by atoms with Gasteiger partial charge in [-0.2, -0.15) is 4.98 Å². The van der Waals surface area contributed by atoms with E-state index in [0.29, 0.717) is 6.42 Å². The molecular weight excluding hydrogens is 333 g/mol. The van der Waals surface area contributed by atoms with Gasteiger partial charge >= 0.3 is 11.8 Å². The van der Waals surface area contributed by atoms with Crippen LogP contribution in [0.25, 0.3) is 0 Å². The zero-order valence-electron chi connectivity index (χ0n) is 14.6. The molecule has 1 saturated heterocycles. The molecule has 0 radical (unpaired) electrons. The first-order chi connectivity index (χ1) is 11.8. The normalized spacial score (nSPS) is 25.8. The summed E-state index contributed by atoms with van der Waals surface area (Å²) >= 11 is 0. The predicted molar refractivity (Wildman–Crippen MR) is 87.7 cm³/mol. The van der Waals surface area contributed by atoms with Crippen molar-refractivity contribution in [3.05, 3.63) is 22.5 Å². The molecule has 1 aromatic heterocycles. The third-order valence-corrected chi connectivity index (χ3v) is 4.21. The minimum absolute atomic E-state index is 0.210. The first kappa shape index (κ1) is 19.3. The minimum Gasteiger partial charge on any atom is -0.449 e. The number of nitrogens with one attached hydrogen (secondary N) is 1. The first-order valence-electron chi connectivity index (χ1n) is 8.41. The molecule has 1 amide bonds. The molecular formula is C16H24FN3O5. The number of hydrogen-bond acceptors (Lipinski definition) is 6. The van der Waals surface area contributed by atoms with Crippen LogP contribution in [0.2, 0.25) is 0 Å². The van der Waals surface area contributed by atoms with Crippen LogP contribution in [-0.4, -0.2) is 39.6 Å². The van der Waals surface area contributed by atoms with Gasteiger partial charge in [0.25, 0.3) is 0 Å². The number of nitrogens with zero attached hydrogens (tertiary/aromatic N) is 2. The van der Waals surface area contributed by atoms with Crippen LogP contribution in [0.3, 0.4) is 0 Å². The number of ether oxygens (including phenoxy) is 2. The van der Waals surface area contributed by atoms with Gasteiger partial charge in [0.15, 0.2) is 11.6 Å². The summed E-state index contributed by atoms with van der Waals surface area (Å²) in [7, 11) is 0. The highest BCUT2D eigenvalue weighted by Crippen LogP contribution is 2.33. The second-order valence-corrected chi connectivity index (χ2v) is 6.18. The maximum Gasteiger partial charge on any atom is 0.412 e. The Labute approximate surface area is 145 Å². The number of rotatable bonds is 6. The van der Waals surface area contributed by atoms with E-state index in [0.717, 1.165) is 23.6 Å². The van der Waals surface area contributed by atoms with Crippen LogP contribution in [0, 0.1) is 11.7 Å². The highest BCUT2D eigenvalue weighted by Gasteiger charge is 2.40. The van der Waals surface area contributed by atoms with Crippen molar-refractivity contribution in [1.82, 2.24) is 9.55 Å². The molecule has 0 saturated carbocycles. The molecule has 4 atom stereocenters. The Balaban J connectivity index is 2.07. The number of halogens is 1. The number of unbranched alkanes of at least 4 members (excludes halogenated alkanes) is 2. The van der Waals surface area contributed by atoms with E-state index >= 15 is 0 Å². The Morgan fingerprint density at radius 3 is 2.80 bits per heavy atom. The van der Waals surface area contributed by atoms with Gasteiger partial charge in [-0.05, 0) is 13.3 Å². The SMILES string of the molecule is CCCCCOC(=O)Nc1nc(=O)n(C2OC(C)C(O)C2C)cc1F. The van der Waals surface area contributed by atoms with Crippen molar-refractivity contribution in [2.24, 2.45) is 5.92 Å². The Hall–Kier alpha value is -2.00. The topological polar surface area (TPSA) is 103 Å². The molecule has 0 aliphatic carbocycles. The first-order valence-corrected chi connectivity index (χ1v) is 8.41. The largest absolute Gasteiger partial charge is 0.449 e. The lowest BCUT2D eigenvalue weighted by molar-refractivity contribution is -0.0146. The van der Waals surface area contributed by atoms with Crippen molar-refractivity contribution in [2.75, 3.05) is 11.9 Å². The number of aliphatic hydroxyl groups is 1. The zero-order chi connectivity index (χ0) is 18.6. The summed E-state index contributed by atoms with van der Waals surface area (Å²) < 4.78 is 25.6. The van der Waals surface area contributed by atoms with E-state index in [4.69, 9.17) is 9.47 Å². The van der Waals surface area contributed by atoms with E-state index in [1.807, 2.05) is 6.92 Å². The van der Waals surface area contributed by atoms with E-state index in [2.05, 4.69) is 10.3 Å². The monoisotopic (exact) mass is 357 g/mol. The molecule has 1 aliphatic rings. The highest BCUT2D eigenvalue weighted by atomic mass is 19.1. The van der Waals surface area contributed by atoms with E-state index < -0.39 is 47.8 Å². The van der Waals surface area contributed by atoms with Crippen LogP contribution in [0.1, 0.15) is 46.3 Å². The molecule has 2 rings (SSSR count). The summed E-state index contributed by atoms with van der Waals surface area (Å²) in [6.07, 6.45) is 0.575. The second-order valence-electron chi connectivity index (χ2n) is 6.18. The van der Waals surface area contributed by atoms with Crippen LogP contribution >= 0.6 is 0 Å². The van der Waals surface area contributed by atoms with Crippen molar-refractivity contribution in [1.29, 1.82) is 0 Å². The molecule has 0 spiro atoms. The van der Waals surface area contributed by atoms with Gasteiger partial charge < -0.3 is 14.6 Å². The third-order valence-electron chi connectivity index (χ3n) is 4.21. The Bertz CT molecular complexity index is 666. The molecule has 8 nitrogen and oxygen atoms in total. The summed E-state index contributed by atoms with van der Waals surface area (Å²) in [5.41, 5.74) is -0.791. The van der Waals surface area contributed by atoms with Gasteiger partial charge in [-0.3, -0.25) is 9.88 Å². The van der Waals surface area contributed by atoms with Crippen molar-refractivity contribution in [3.8, 4) is 0 Å². The number of anilines is 1. The van der Waals surface area contributed by atoms with Gasteiger partial charge in [-0.25, -0.2) is 14.0 Å². The average Bonchev–Trinajstić information content (AvgIpc) is 2.82. The molecule has 1 aromatic rings. The Kier molecular flexibility index (Phi) is 6.49. The molecule has 0 bridgehead atoms. The number of aliphatic hydroxyl groups excluding tert-OH is 1. The highest BCUT2D eigenvalue weighted by molar-refractivity contribution is 5.83. The number of carbonyl (C=O) groups excluding carboxylic acids is 1. The summed E-state index contributed by atoms with van der Waals surface area (Å²) in [4.78, 5) is 27.3. The van der Waals surface area contributed by atoms with Crippen LogP contribution in [-0.2, 0) is 9.47 Å². The van der Waals surface area contributed by atoms with Gasteiger partial charge in [0, 0.05) is 5.92 Å². The standard InChI is InChI=1S/C16H24FN3O5/c1-4-5-6-7-24-16(23)19-13-11(17)8-20(15(22)18-13)14-9(2)12(21)10(3)25-14/h8-10,12,14,21H,4-7H2,1-3H3,(H,18,19,22,23). The van der Waals surface area contributed by atoms with E-state index in [1.54, 1.807) is 13.8 Å². The molecule has 2 heterocycles. The number of carbonyl (C=O) groups is 1. The van der Waals surface area contributed by atoms with Gasteiger partial charge in [0.05, 0.1) is 25.0 Å². The summed E-state index contributed by atoms with van der Waals surface area (Å²) in [5.74, 6) is -1.80.